The monoisotopic (exact) mass is 471 g/mol. The molecular weight excluding hydrogens is 442 g/mol. The standard InChI is InChI=1S/C24H29N3O5S/c1-16(17-8-6-5-7-9-17)26(22(29)15-24(2,3)4)20-14-21(28)27(23(20)30)18-10-12-19(13-11-18)33(25,31)32/h5-13,16,20H,14-15H2,1-4H3,(H2,25,31,32). The highest BCUT2D eigenvalue weighted by Crippen LogP contribution is 2.33. The van der Waals surface area contributed by atoms with Gasteiger partial charge in [-0.1, -0.05) is 51.1 Å². The first kappa shape index (κ1) is 24.6. The van der Waals surface area contributed by atoms with Gasteiger partial charge in [-0.2, -0.15) is 0 Å². The van der Waals surface area contributed by atoms with Crippen molar-refractivity contribution in [2.45, 2.75) is 57.5 Å². The summed E-state index contributed by atoms with van der Waals surface area (Å²) in [4.78, 5) is 42.1. The van der Waals surface area contributed by atoms with Crippen LogP contribution in [0.25, 0.3) is 0 Å². The first-order valence-electron chi connectivity index (χ1n) is 10.7. The van der Waals surface area contributed by atoms with Crippen molar-refractivity contribution >= 4 is 33.4 Å². The molecule has 1 aliphatic rings. The second kappa shape index (κ2) is 9.07. The lowest BCUT2D eigenvalue weighted by Gasteiger charge is -2.35. The molecule has 0 aromatic heterocycles. The Hall–Kier alpha value is -3.04. The van der Waals surface area contributed by atoms with Gasteiger partial charge in [-0.05, 0) is 42.2 Å². The number of hydrogen-bond donors (Lipinski definition) is 1. The van der Waals surface area contributed by atoms with Gasteiger partial charge < -0.3 is 4.90 Å². The van der Waals surface area contributed by atoms with Gasteiger partial charge in [-0.3, -0.25) is 14.4 Å². The predicted molar refractivity (Wildman–Crippen MR) is 124 cm³/mol. The summed E-state index contributed by atoms with van der Waals surface area (Å²) in [5.74, 6) is -1.19. The van der Waals surface area contributed by atoms with Crippen LogP contribution in [0.1, 0.15) is 52.1 Å². The second-order valence-electron chi connectivity index (χ2n) is 9.45. The summed E-state index contributed by atoms with van der Waals surface area (Å²) >= 11 is 0. The Bertz CT molecular complexity index is 1150. The van der Waals surface area contributed by atoms with Gasteiger partial charge in [0.1, 0.15) is 6.04 Å². The zero-order chi connectivity index (χ0) is 24.6. The molecule has 2 N–H and O–H groups in total. The molecule has 1 aliphatic heterocycles. The maximum Gasteiger partial charge on any atom is 0.257 e. The number of rotatable bonds is 6. The maximum atomic E-state index is 13.4. The second-order valence-corrected chi connectivity index (χ2v) is 11.0. The van der Waals surface area contributed by atoms with E-state index in [0.29, 0.717) is 0 Å². The lowest BCUT2D eigenvalue weighted by Crippen LogP contribution is -2.47. The zero-order valence-corrected chi connectivity index (χ0v) is 20.0. The van der Waals surface area contributed by atoms with E-state index in [-0.39, 0.29) is 34.7 Å². The molecule has 1 saturated heterocycles. The summed E-state index contributed by atoms with van der Waals surface area (Å²) < 4.78 is 23.0. The van der Waals surface area contributed by atoms with Gasteiger partial charge in [0.15, 0.2) is 0 Å². The van der Waals surface area contributed by atoms with Crippen LogP contribution in [0.15, 0.2) is 59.5 Å². The highest BCUT2D eigenvalue weighted by Gasteiger charge is 2.46. The maximum absolute atomic E-state index is 13.4. The third-order valence-electron chi connectivity index (χ3n) is 5.55. The number of hydrogen-bond acceptors (Lipinski definition) is 5. The number of imide groups is 1. The summed E-state index contributed by atoms with van der Waals surface area (Å²) in [5, 5.41) is 5.13. The van der Waals surface area contributed by atoms with Gasteiger partial charge in [0.2, 0.25) is 21.8 Å². The molecule has 0 aliphatic carbocycles. The van der Waals surface area contributed by atoms with E-state index in [0.717, 1.165) is 10.5 Å². The molecule has 0 saturated carbocycles. The van der Waals surface area contributed by atoms with Crippen molar-refractivity contribution in [3.63, 3.8) is 0 Å². The van der Waals surface area contributed by atoms with Gasteiger partial charge in [0, 0.05) is 6.42 Å². The van der Waals surface area contributed by atoms with Crippen molar-refractivity contribution in [2.24, 2.45) is 10.6 Å². The number of nitrogens with zero attached hydrogens (tertiary/aromatic N) is 2. The molecule has 0 bridgehead atoms. The molecule has 176 valence electrons. The normalized spacial score (nSPS) is 17.8. The summed E-state index contributed by atoms with van der Waals surface area (Å²) in [6.45, 7) is 7.67. The lowest BCUT2D eigenvalue weighted by atomic mass is 9.90. The molecule has 1 heterocycles. The molecule has 2 aromatic rings. The molecule has 0 radical (unpaired) electrons. The minimum atomic E-state index is -3.91. The van der Waals surface area contributed by atoms with Crippen LogP contribution in [0.3, 0.4) is 0 Å². The number of anilines is 1. The van der Waals surface area contributed by atoms with E-state index in [2.05, 4.69) is 0 Å². The van der Waals surface area contributed by atoms with Gasteiger partial charge in [0.05, 0.1) is 23.0 Å². The van der Waals surface area contributed by atoms with Crippen molar-refractivity contribution < 1.29 is 22.8 Å². The number of carbonyl (C=O) groups excluding carboxylic acids is 3. The summed E-state index contributed by atoms with van der Waals surface area (Å²) in [6.07, 6.45) is 0.0635. The van der Waals surface area contributed by atoms with Crippen LogP contribution in [0.2, 0.25) is 0 Å². The fourth-order valence-corrected chi connectivity index (χ4v) is 4.50. The molecule has 33 heavy (non-hydrogen) atoms. The fraction of sp³-hybridized carbons (Fsp3) is 0.375. The molecule has 1 fully saturated rings. The number of sulfonamides is 1. The SMILES string of the molecule is CC(c1ccccc1)N(C(=O)CC(C)(C)C)C1CC(=O)N(c2ccc(S(N)(=O)=O)cc2)C1=O. The van der Waals surface area contributed by atoms with Gasteiger partial charge in [-0.15, -0.1) is 0 Å². The topological polar surface area (TPSA) is 118 Å². The van der Waals surface area contributed by atoms with Crippen LogP contribution >= 0.6 is 0 Å². The van der Waals surface area contributed by atoms with Crippen molar-refractivity contribution in [1.29, 1.82) is 0 Å². The van der Waals surface area contributed by atoms with Crippen LogP contribution in [0.5, 0.6) is 0 Å². The minimum Gasteiger partial charge on any atom is -0.323 e. The van der Waals surface area contributed by atoms with Crippen molar-refractivity contribution in [1.82, 2.24) is 4.90 Å². The molecule has 2 unspecified atom stereocenters. The van der Waals surface area contributed by atoms with Crippen molar-refractivity contribution in [2.75, 3.05) is 4.90 Å². The van der Waals surface area contributed by atoms with E-state index in [1.807, 2.05) is 58.0 Å². The van der Waals surface area contributed by atoms with Crippen molar-refractivity contribution in [3.05, 3.63) is 60.2 Å². The fourth-order valence-electron chi connectivity index (χ4n) is 3.99. The Morgan fingerprint density at radius 2 is 1.67 bits per heavy atom. The Morgan fingerprint density at radius 3 is 2.18 bits per heavy atom. The molecule has 2 atom stereocenters. The van der Waals surface area contributed by atoms with Crippen LogP contribution in [0.4, 0.5) is 5.69 Å². The Kier molecular flexibility index (Phi) is 6.76. The first-order valence-corrected chi connectivity index (χ1v) is 12.2. The minimum absolute atomic E-state index is 0.124. The number of amides is 3. The Morgan fingerprint density at radius 1 is 1.09 bits per heavy atom. The summed E-state index contributed by atoms with van der Waals surface area (Å²) in [6, 6.07) is 13.2. The largest absolute Gasteiger partial charge is 0.323 e. The van der Waals surface area contributed by atoms with Gasteiger partial charge in [-0.25, -0.2) is 18.5 Å². The number of nitrogens with two attached hydrogens (primary N) is 1. The predicted octanol–water partition coefficient (Wildman–Crippen LogP) is 2.99. The molecule has 8 nitrogen and oxygen atoms in total. The van der Waals surface area contributed by atoms with E-state index in [1.54, 1.807) is 0 Å². The van der Waals surface area contributed by atoms with E-state index in [4.69, 9.17) is 5.14 Å². The Labute approximate surface area is 194 Å². The van der Waals surface area contributed by atoms with Gasteiger partial charge in [0.25, 0.3) is 5.91 Å². The van der Waals surface area contributed by atoms with E-state index in [9.17, 15) is 22.8 Å². The average Bonchev–Trinajstić information content (AvgIpc) is 3.00. The van der Waals surface area contributed by atoms with E-state index >= 15 is 0 Å². The summed E-state index contributed by atoms with van der Waals surface area (Å²) in [7, 11) is -3.91. The molecule has 2 aromatic carbocycles. The average molecular weight is 472 g/mol. The molecule has 3 rings (SSSR count). The van der Waals surface area contributed by atoms with Crippen molar-refractivity contribution in [3.8, 4) is 0 Å². The highest BCUT2D eigenvalue weighted by molar-refractivity contribution is 7.89. The molecule has 9 heteroatoms. The van der Waals surface area contributed by atoms with Gasteiger partial charge >= 0.3 is 0 Å². The van der Waals surface area contributed by atoms with E-state index < -0.39 is 33.9 Å². The van der Waals surface area contributed by atoms with Crippen LogP contribution in [-0.4, -0.2) is 37.1 Å². The first-order chi connectivity index (χ1) is 15.3. The number of carbonyl (C=O) groups is 3. The molecular formula is C24H29N3O5S. The van der Waals surface area contributed by atoms with Crippen LogP contribution < -0.4 is 10.0 Å². The van der Waals surface area contributed by atoms with Crippen LogP contribution in [0, 0.1) is 5.41 Å². The third-order valence-corrected chi connectivity index (χ3v) is 6.48. The number of benzene rings is 2. The van der Waals surface area contributed by atoms with Crippen LogP contribution in [-0.2, 0) is 24.4 Å². The zero-order valence-electron chi connectivity index (χ0n) is 19.2. The Balaban J connectivity index is 1.96. The molecule has 0 spiro atoms. The quantitative estimate of drug-likeness (QED) is 0.650. The smallest absolute Gasteiger partial charge is 0.257 e. The lowest BCUT2D eigenvalue weighted by molar-refractivity contribution is -0.142. The summed E-state index contributed by atoms with van der Waals surface area (Å²) in [5.41, 5.74) is 0.784. The highest BCUT2D eigenvalue weighted by atomic mass is 32.2. The van der Waals surface area contributed by atoms with E-state index in [1.165, 1.54) is 29.2 Å². The molecule has 3 amide bonds. The number of primary sulfonamides is 1. The third kappa shape index (κ3) is 5.48.